The molecule has 150 valence electrons. The first kappa shape index (κ1) is 20.8. The van der Waals surface area contributed by atoms with E-state index in [4.69, 9.17) is 21.4 Å². The number of carbonyl (C=O) groups excluding carboxylic acids is 3. The fourth-order valence-electron chi connectivity index (χ4n) is 2.54. The van der Waals surface area contributed by atoms with Crippen molar-refractivity contribution in [3.63, 3.8) is 0 Å². The van der Waals surface area contributed by atoms with Crippen LogP contribution >= 0.6 is 24.0 Å². The minimum atomic E-state index is -0.414. The number of furan rings is 1. The molecule has 7 nitrogen and oxygen atoms in total. The number of nitrogens with zero attached hydrogens (tertiary/aromatic N) is 1. The second-order valence-electron chi connectivity index (χ2n) is 5.94. The van der Waals surface area contributed by atoms with Crippen molar-refractivity contribution in [2.75, 3.05) is 18.5 Å². The van der Waals surface area contributed by atoms with Gasteiger partial charge in [-0.25, -0.2) is 4.79 Å². The van der Waals surface area contributed by atoms with Crippen molar-refractivity contribution in [2.24, 2.45) is 0 Å². The molecule has 0 aliphatic carbocycles. The van der Waals surface area contributed by atoms with Crippen LogP contribution in [0.25, 0.3) is 6.08 Å². The zero-order valence-electron chi connectivity index (χ0n) is 15.5. The average Bonchev–Trinajstić information content (AvgIpc) is 3.30. The summed E-state index contributed by atoms with van der Waals surface area (Å²) < 4.78 is 10.5. The minimum Gasteiger partial charge on any atom is -0.465 e. The third-order valence-electron chi connectivity index (χ3n) is 3.93. The fraction of sp³-hybridized carbons (Fsp3) is 0.200. The van der Waals surface area contributed by atoms with Crippen LogP contribution in [0.5, 0.6) is 0 Å². The van der Waals surface area contributed by atoms with Crippen molar-refractivity contribution in [3.05, 3.63) is 58.9 Å². The van der Waals surface area contributed by atoms with Crippen molar-refractivity contribution in [1.29, 1.82) is 0 Å². The first-order chi connectivity index (χ1) is 14.0. The lowest BCUT2D eigenvalue weighted by Crippen LogP contribution is -2.31. The summed E-state index contributed by atoms with van der Waals surface area (Å²) >= 11 is 6.43. The van der Waals surface area contributed by atoms with Crippen molar-refractivity contribution >= 4 is 57.8 Å². The fourth-order valence-corrected chi connectivity index (χ4v) is 3.82. The van der Waals surface area contributed by atoms with Gasteiger partial charge in [0.2, 0.25) is 5.91 Å². The van der Waals surface area contributed by atoms with Crippen LogP contribution in [-0.4, -0.2) is 40.2 Å². The molecule has 2 heterocycles. The van der Waals surface area contributed by atoms with Crippen LogP contribution in [0.4, 0.5) is 5.69 Å². The third kappa shape index (κ3) is 5.33. The Kier molecular flexibility index (Phi) is 6.84. The van der Waals surface area contributed by atoms with Gasteiger partial charge in [0.15, 0.2) is 0 Å². The molecule has 1 N–H and O–H groups in total. The Morgan fingerprint density at radius 1 is 1.28 bits per heavy atom. The third-order valence-corrected chi connectivity index (χ3v) is 5.31. The summed E-state index contributed by atoms with van der Waals surface area (Å²) in [5.41, 5.74) is 0.955. The number of hydrogen-bond donors (Lipinski definition) is 1. The monoisotopic (exact) mass is 430 g/mol. The van der Waals surface area contributed by atoms with E-state index in [0.29, 0.717) is 32.8 Å². The van der Waals surface area contributed by atoms with E-state index in [0.717, 1.165) is 0 Å². The molecule has 0 radical (unpaired) electrons. The number of thioether (sulfide) groups is 1. The van der Waals surface area contributed by atoms with E-state index in [1.807, 2.05) is 0 Å². The average molecular weight is 431 g/mol. The Labute approximate surface area is 177 Å². The highest BCUT2D eigenvalue weighted by molar-refractivity contribution is 8.26. The number of carbonyl (C=O) groups is 3. The van der Waals surface area contributed by atoms with Gasteiger partial charge in [0, 0.05) is 24.7 Å². The molecule has 1 fully saturated rings. The molecule has 9 heteroatoms. The Balaban J connectivity index is 1.53. The maximum Gasteiger partial charge on any atom is 0.338 e. The minimum absolute atomic E-state index is 0.0834. The summed E-state index contributed by atoms with van der Waals surface area (Å²) in [5, 5.41) is 2.73. The highest BCUT2D eigenvalue weighted by Gasteiger charge is 2.32. The van der Waals surface area contributed by atoms with E-state index in [1.54, 1.807) is 49.4 Å². The van der Waals surface area contributed by atoms with Crippen molar-refractivity contribution in [3.8, 4) is 0 Å². The van der Waals surface area contributed by atoms with Gasteiger partial charge in [-0.1, -0.05) is 24.0 Å². The number of rotatable bonds is 7. The zero-order valence-corrected chi connectivity index (χ0v) is 17.2. The number of nitrogens with one attached hydrogen (secondary N) is 1. The number of hydrogen-bond acceptors (Lipinski definition) is 7. The summed E-state index contributed by atoms with van der Waals surface area (Å²) in [7, 11) is 0. The van der Waals surface area contributed by atoms with Crippen LogP contribution in [0, 0.1) is 0 Å². The Morgan fingerprint density at radius 3 is 2.69 bits per heavy atom. The number of benzene rings is 1. The van der Waals surface area contributed by atoms with Crippen LogP contribution in [0.2, 0.25) is 0 Å². The van der Waals surface area contributed by atoms with E-state index in [-0.39, 0.29) is 24.8 Å². The summed E-state index contributed by atoms with van der Waals surface area (Å²) in [6.45, 7) is 2.20. The van der Waals surface area contributed by atoms with Gasteiger partial charge in [-0.05, 0) is 43.3 Å². The van der Waals surface area contributed by atoms with Crippen LogP contribution in [0.3, 0.4) is 0 Å². The quantitative estimate of drug-likeness (QED) is 0.407. The largest absolute Gasteiger partial charge is 0.465 e. The topological polar surface area (TPSA) is 88.9 Å². The molecule has 0 bridgehead atoms. The van der Waals surface area contributed by atoms with E-state index < -0.39 is 5.97 Å². The van der Waals surface area contributed by atoms with Crippen LogP contribution in [0.15, 0.2) is 52.0 Å². The second-order valence-corrected chi connectivity index (χ2v) is 7.62. The molecule has 29 heavy (non-hydrogen) atoms. The molecular formula is C20H18N2O5S2. The van der Waals surface area contributed by atoms with Crippen LogP contribution < -0.4 is 5.32 Å². The summed E-state index contributed by atoms with van der Waals surface area (Å²) in [6.07, 6.45) is 3.24. The predicted molar refractivity (Wildman–Crippen MR) is 114 cm³/mol. The van der Waals surface area contributed by atoms with Gasteiger partial charge in [-0.15, -0.1) is 0 Å². The first-order valence-electron chi connectivity index (χ1n) is 8.84. The Morgan fingerprint density at radius 2 is 2.03 bits per heavy atom. The Bertz CT molecular complexity index is 952. The van der Waals surface area contributed by atoms with Gasteiger partial charge in [0.05, 0.1) is 23.3 Å². The van der Waals surface area contributed by atoms with Gasteiger partial charge >= 0.3 is 5.97 Å². The predicted octanol–water partition coefficient (Wildman–Crippen LogP) is 3.69. The molecule has 0 spiro atoms. The SMILES string of the molecule is CCOC(=O)c1ccc(NC(=O)CCN2C(=O)/C(=C\c3ccco3)SC2=S)cc1. The smallest absolute Gasteiger partial charge is 0.338 e. The van der Waals surface area contributed by atoms with E-state index in [2.05, 4.69) is 5.32 Å². The maximum absolute atomic E-state index is 12.5. The first-order valence-corrected chi connectivity index (χ1v) is 10.1. The lowest BCUT2D eigenvalue weighted by Gasteiger charge is -2.14. The molecule has 1 aliphatic rings. The van der Waals surface area contributed by atoms with Gasteiger partial charge in [0.25, 0.3) is 5.91 Å². The highest BCUT2D eigenvalue weighted by atomic mass is 32.2. The van der Waals surface area contributed by atoms with Crippen molar-refractivity contribution in [1.82, 2.24) is 4.90 Å². The molecule has 1 aliphatic heterocycles. The molecule has 2 amide bonds. The molecule has 1 saturated heterocycles. The number of anilines is 1. The van der Waals surface area contributed by atoms with Crippen molar-refractivity contribution in [2.45, 2.75) is 13.3 Å². The normalized spacial score (nSPS) is 15.1. The van der Waals surface area contributed by atoms with Crippen LogP contribution in [0.1, 0.15) is 29.5 Å². The number of ether oxygens (including phenoxy) is 1. The van der Waals surface area contributed by atoms with E-state index in [9.17, 15) is 14.4 Å². The lowest BCUT2D eigenvalue weighted by molar-refractivity contribution is -0.122. The lowest BCUT2D eigenvalue weighted by atomic mass is 10.2. The standard InChI is InChI=1S/C20H18N2O5S2/c1-2-26-19(25)13-5-7-14(8-6-13)21-17(23)9-10-22-18(24)16(29-20(22)28)12-15-4-3-11-27-15/h3-8,11-12H,2,9-10H2,1H3,(H,21,23)/b16-12+. The molecule has 3 rings (SSSR count). The summed E-state index contributed by atoms with van der Waals surface area (Å²) in [6, 6.07) is 9.87. The zero-order chi connectivity index (χ0) is 20.8. The molecule has 0 saturated carbocycles. The molecule has 2 aromatic rings. The Hall–Kier alpha value is -2.91. The van der Waals surface area contributed by atoms with Crippen LogP contribution in [-0.2, 0) is 14.3 Å². The molecule has 1 aromatic carbocycles. The van der Waals surface area contributed by atoms with E-state index in [1.165, 1.54) is 22.9 Å². The van der Waals surface area contributed by atoms with Gasteiger partial charge < -0.3 is 14.5 Å². The number of amides is 2. The molecule has 1 aromatic heterocycles. The summed E-state index contributed by atoms with van der Waals surface area (Å²) in [5.74, 6) is -0.363. The number of thiocarbonyl (C=S) groups is 1. The molecular weight excluding hydrogens is 412 g/mol. The van der Waals surface area contributed by atoms with Gasteiger partial charge in [-0.2, -0.15) is 0 Å². The maximum atomic E-state index is 12.5. The van der Waals surface area contributed by atoms with E-state index >= 15 is 0 Å². The second kappa shape index (κ2) is 9.53. The molecule has 0 atom stereocenters. The summed E-state index contributed by atoms with van der Waals surface area (Å²) in [4.78, 5) is 38.2. The van der Waals surface area contributed by atoms with Gasteiger partial charge in [-0.3, -0.25) is 14.5 Å². The number of esters is 1. The molecule has 0 unspecified atom stereocenters. The highest BCUT2D eigenvalue weighted by Crippen LogP contribution is 2.32. The van der Waals surface area contributed by atoms with Crippen molar-refractivity contribution < 1.29 is 23.5 Å². The van der Waals surface area contributed by atoms with Gasteiger partial charge in [0.1, 0.15) is 10.1 Å².